The van der Waals surface area contributed by atoms with Gasteiger partial charge in [0.05, 0.1) is 48.8 Å². The van der Waals surface area contributed by atoms with E-state index in [4.69, 9.17) is 83.6 Å². The SMILES string of the molecule is CC(NC(=O)c1cc2cc(Cl)ccc2[nH]1)C1CCN(S(C)(=O)=O)CC1.COc1cccc(-c2cc(CCC(=O)c3cc4cc(Cl)ccc4[nH]3)on2)c1.COc1cccc(-n2cc(CNC(=O)c3cc4cc(Cl)ccc4[nH]3)cn2)c1.Cc1ccnc(C(CC(=O)c2cc3cc(Cl)ccc3[nH]2)C2CC2)c1.O=C(NCC1CCCN(C(=O)C2CC2)C1)c1cc2cc(Cl)ccc2[nH]1.O=C(NCCc1nccs1)c1cc2cc(Cl)ccc2[nH]1. The molecule has 22 rings (SSSR count). The van der Waals surface area contributed by atoms with E-state index in [0.29, 0.717) is 140 Å². The van der Waals surface area contributed by atoms with Gasteiger partial charge in [0, 0.05) is 238 Å². The first-order valence-corrected chi connectivity index (χ1v) is 53.6. The standard InChI is InChI=1S/C21H17ClN2O3.C20H17ClN4O2.C20H19ClN2O.C19H22ClN3O2.C17H22ClN3O3S.C14H12ClN3OS/c1-26-16-4-2-3-13(10-16)19-12-17(27-24-19)6-8-21(25)20-11-14-9-15(22)5-7-18(14)23-20;1-27-17-4-2-3-16(9-17)25-12-13(11-23-25)10-22-20(26)19-8-14-7-15(21)5-6-18(14)24-19;1-12-6-7-22-18(8-12)16(13-2-3-13)11-20(24)19-10-14-9-15(21)4-5-17(14)23-19;20-15-5-6-16-14(8-15)9-17(22-16)18(24)21-10-12-2-1-7-23(11-12)19(25)13-3-4-13;1-11(12-5-7-21(8-6-12)25(2,23)24)19-17(22)16-10-13-9-14(18)3-4-15(13)20-16;15-10-1-2-11-9(7-10)8-12(18-11)14(19)17-4-3-13-16-5-6-20-13/h2-5,7,9-12,23H,6,8H2,1H3;2-9,11-12,24H,10H2,1H3,(H,22,26);4-10,13,16,23H,2-3,11H2,1H3;5-6,8-9,12-13,22H,1-4,7,10-11H2,(H,21,24);3-4,9-12,20H,5-8H2,1-2H3,(H,19,22);1-2,5-8,18H,3-4H2,(H,17,19). The van der Waals surface area contributed by atoms with E-state index in [1.54, 1.807) is 91.2 Å². The summed E-state index contributed by atoms with van der Waals surface area (Å²) in [5.41, 5.74) is 14.3. The van der Waals surface area contributed by atoms with Crippen LogP contribution in [0.4, 0.5) is 0 Å². The molecule has 10 N–H and O–H groups in total. The normalized spacial score (nSPS) is 14.6. The van der Waals surface area contributed by atoms with E-state index in [9.17, 15) is 42.0 Å². The summed E-state index contributed by atoms with van der Waals surface area (Å²) < 4.78 is 42.2. The first kappa shape index (κ1) is 105. The van der Waals surface area contributed by atoms with Gasteiger partial charge < -0.3 is 70.1 Å². The number of fused-ring (bicyclic) bond motifs is 6. The second kappa shape index (κ2) is 48.4. The van der Waals surface area contributed by atoms with Crippen LogP contribution in [-0.2, 0) is 34.2 Å². The number of amides is 5. The maximum absolute atomic E-state index is 12.8. The summed E-state index contributed by atoms with van der Waals surface area (Å²) >= 11 is 37.5. The molecule has 2 aliphatic carbocycles. The molecule has 18 aromatic rings. The number of aryl methyl sites for hydroxylation is 2. The summed E-state index contributed by atoms with van der Waals surface area (Å²) in [6, 6.07) is 65.1. The molecule has 2 saturated carbocycles. The van der Waals surface area contributed by atoms with E-state index in [-0.39, 0.29) is 59.0 Å². The molecular formula is C111H109Cl6N17O12S2. The van der Waals surface area contributed by atoms with Crippen LogP contribution in [0, 0.1) is 30.6 Å². The van der Waals surface area contributed by atoms with Gasteiger partial charge in [0.25, 0.3) is 23.6 Å². The van der Waals surface area contributed by atoms with Gasteiger partial charge in [0.2, 0.25) is 15.9 Å². The molecule has 5 amide bonds. The number of likely N-dealkylation sites (tertiary alicyclic amines) is 1. The van der Waals surface area contributed by atoms with Crippen LogP contribution in [0.1, 0.15) is 168 Å². The van der Waals surface area contributed by atoms with Crippen molar-refractivity contribution in [2.75, 3.05) is 59.7 Å². The molecule has 764 valence electrons. The molecule has 0 bridgehead atoms. The molecule has 4 aliphatic rings. The molecule has 8 aromatic carbocycles. The van der Waals surface area contributed by atoms with Crippen molar-refractivity contribution in [1.82, 2.24) is 85.3 Å². The van der Waals surface area contributed by atoms with E-state index in [0.717, 1.165) is 168 Å². The van der Waals surface area contributed by atoms with Gasteiger partial charge in [-0.2, -0.15) is 5.10 Å². The molecule has 0 spiro atoms. The first-order chi connectivity index (χ1) is 71.4. The fourth-order valence-electron chi connectivity index (χ4n) is 18.1. The zero-order valence-electron chi connectivity index (χ0n) is 81.6. The summed E-state index contributed by atoms with van der Waals surface area (Å²) in [5.74, 6) is 3.74. The van der Waals surface area contributed by atoms with Crippen LogP contribution in [0.15, 0.2) is 247 Å². The molecule has 10 aromatic heterocycles. The number of benzene rings is 8. The van der Waals surface area contributed by atoms with Crippen LogP contribution in [0.2, 0.25) is 30.1 Å². The molecule has 4 fully saturated rings. The predicted molar refractivity (Wildman–Crippen MR) is 584 cm³/mol. The lowest BCUT2D eigenvalue weighted by atomic mass is 9.91. The van der Waals surface area contributed by atoms with Crippen molar-refractivity contribution in [2.24, 2.45) is 23.7 Å². The largest absolute Gasteiger partial charge is 0.497 e. The minimum absolute atomic E-state index is 0.0154. The number of hydrogen-bond donors (Lipinski definition) is 10. The van der Waals surface area contributed by atoms with Crippen LogP contribution >= 0.6 is 80.9 Å². The third kappa shape index (κ3) is 28.1. The monoisotopic (exact) mass is 2150 g/mol. The van der Waals surface area contributed by atoms with E-state index >= 15 is 0 Å². The Balaban J connectivity index is 0.000000121. The van der Waals surface area contributed by atoms with E-state index in [2.05, 4.69) is 84.4 Å². The lowest BCUT2D eigenvalue weighted by Crippen LogP contribution is -2.45. The van der Waals surface area contributed by atoms with Gasteiger partial charge in [0.1, 0.15) is 45.7 Å². The number of Topliss-reactive ketones (excluding diaryl/α,β-unsaturated/α-hetero) is 2. The number of thiazole rings is 1. The minimum atomic E-state index is -3.13. The molecule has 148 heavy (non-hydrogen) atoms. The average molecular weight is 2150 g/mol. The molecule has 37 heteroatoms. The molecule has 3 unspecified atom stereocenters. The van der Waals surface area contributed by atoms with Gasteiger partial charge in [-0.1, -0.05) is 93.0 Å². The third-order valence-corrected chi connectivity index (χ3v) is 29.9. The quantitative estimate of drug-likeness (QED) is 0.0204. The molecule has 2 aliphatic heterocycles. The number of ketones is 2. The Labute approximate surface area is 887 Å². The summed E-state index contributed by atoms with van der Waals surface area (Å²) in [6.07, 6.45) is 18.5. The smallest absolute Gasteiger partial charge is 0.267 e. The van der Waals surface area contributed by atoms with E-state index in [1.165, 1.54) is 29.0 Å². The maximum atomic E-state index is 12.8. The molecule has 12 heterocycles. The van der Waals surface area contributed by atoms with Crippen molar-refractivity contribution in [3.05, 3.63) is 334 Å². The molecular weight excluding hydrogens is 2040 g/mol. The number of aromatic nitrogens is 11. The van der Waals surface area contributed by atoms with Crippen LogP contribution in [0.3, 0.4) is 0 Å². The number of sulfonamides is 1. The van der Waals surface area contributed by atoms with Gasteiger partial charge in [-0.3, -0.25) is 38.5 Å². The number of halogens is 6. The number of H-pyrrole nitrogens is 6. The minimum Gasteiger partial charge on any atom is -0.497 e. The maximum Gasteiger partial charge on any atom is 0.267 e. The highest BCUT2D eigenvalue weighted by Crippen LogP contribution is 2.45. The van der Waals surface area contributed by atoms with Crippen molar-refractivity contribution in [3.63, 3.8) is 0 Å². The van der Waals surface area contributed by atoms with Crippen molar-refractivity contribution in [1.29, 1.82) is 0 Å². The molecule has 2 saturated heterocycles. The summed E-state index contributed by atoms with van der Waals surface area (Å²) in [7, 11) is 0.119. The highest BCUT2D eigenvalue weighted by molar-refractivity contribution is 7.88. The fourth-order valence-corrected chi connectivity index (χ4v) is 20.6. The lowest BCUT2D eigenvalue weighted by molar-refractivity contribution is -0.134. The number of rotatable bonds is 28. The van der Waals surface area contributed by atoms with Gasteiger partial charge in [-0.05, 0) is 271 Å². The van der Waals surface area contributed by atoms with Crippen molar-refractivity contribution >= 4 is 197 Å². The van der Waals surface area contributed by atoms with Gasteiger partial charge in [-0.15, -0.1) is 11.3 Å². The predicted octanol–water partition coefficient (Wildman–Crippen LogP) is 23.6. The number of carbonyl (C=O) groups excluding carboxylic acids is 7. The second-order valence-corrected chi connectivity index (χ2v) is 42.9. The Morgan fingerprint density at radius 2 is 1.01 bits per heavy atom. The number of carbonyl (C=O) groups is 7. The van der Waals surface area contributed by atoms with E-state index < -0.39 is 10.0 Å². The summed E-state index contributed by atoms with van der Waals surface area (Å²) in [5, 5.41) is 32.7. The second-order valence-electron chi connectivity index (χ2n) is 37.3. The lowest BCUT2D eigenvalue weighted by Gasteiger charge is -2.33. The van der Waals surface area contributed by atoms with Gasteiger partial charge >= 0.3 is 0 Å². The number of nitrogens with one attached hydrogen (secondary N) is 10. The fraction of sp³-hybridized carbons (Fsp3) is 0.270. The number of ether oxygens (including phenoxy) is 2. The summed E-state index contributed by atoms with van der Waals surface area (Å²) in [6.45, 7) is 8.23. The first-order valence-electron chi connectivity index (χ1n) is 48.6. The zero-order valence-corrected chi connectivity index (χ0v) is 87.8. The molecule has 3 atom stereocenters. The topological polar surface area (TPSA) is 391 Å². The van der Waals surface area contributed by atoms with Crippen molar-refractivity contribution in [3.8, 4) is 28.4 Å². The Bertz CT molecular complexity index is 7770. The van der Waals surface area contributed by atoms with Crippen LogP contribution in [0.5, 0.6) is 11.5 Å². The Kier molecular flexibility index (Phi) is 34.5. The summed E-state index contributed by atoms with van der Waals surface area (Å²) in [4.78, 5) is 116. The zero-order chi connectivity index (χ0) is 104. The Hall–Kier alpha value is -13.9. The van der Waals surface area contributed by atoms with Crippen molar-refractivity contribution < 1.29 is 56.0 Å². The Morgan fingerprint density at radius 1 is 0.514 bits per heavy atom. The van der Waals surface area contributed by atoms with Crippen LogP contribution < -0.4 is 30.7 Å². The number of pyridine rings is 1. The highest BCUT2D eigenvalue weighted by Gasteiger charge is 2.38. The van der Waals surface area contributed by atoms with Crippen molar-refractivity contribution in [2.45, 2.75) is 109 Å². The van der Waals surface area contributed by atoms with Gasteiger partial charge in [-0.25, -0.2) is 22.4 Å². The molecule has 0 radical (unpaired) electrons. The highest BCUT2D eigenvalue weighted by atomic mass is 35.5. The average Bonchev–Trinajstić information content (AvgIpc) is 1.57. The number of methoxy groups -OCH3 is 2. The van der Waals surface area contributed by atoms with Crippen LogP contribution in [-0.4, -0.2) is 179 Å². The number of hydrogen-bond acceptors (Lipinski definition) is 17. The van der Waals surface area contributed by atoms with Crippen LogP contribution in [0.25, 0.3) is 82.4 Å². The number of aromatic amines is 6. The van der Waals surface area contributed by atoms with E-state index in [1.807, 2.05) is 187 Å². The Morgan fingerprint density at radius 3 is 1.52 bits per heavy atom. The molecule has 29 nitrogen and oxygen atoms in total. The number of nitrogens with zero attached hydrogens (tertiary/aromatic N) is 7. The third-order valence-electron chi connectivity index (χ3n) is 26.4. The van der Waals surface area contributed by atoms with Gasteiger partial charge in [0.15, 0.2) is 11.6 Å². The number of piperidine rings is 2.